The van der Waals surface area contributed by atoms with E-state index in [2.05, 4.69) is 9.82 Å². The van der Waals surface area contributed by atoms with Gasteiger partial charge in [-0.25, -0.2) is 8.42 Å². The molecule has 0 saturated heterocycles. The molecule has 0 fully saturated rings. The first-order valence-electron chi connectivity index (χ1n) is 5.12. The number of hydrogen-bond donors (Lipinski definition) is 2. The average Bonchev–Trinajstić information content (AvgIpc) is 2.72. The lowest BCUT2D eigenvalue weighted by Gasteiger charge is -2.09. The van der Waals surface area contributed by atoms with Gasteiger partial charge < -0.3 is 9.84 Å². The van der Waals surface area contributed by atoms with Gasteiger partial charge in [-0.1, -0.05) is 0 Å². The van der Waals surface area contributed by atoms with Crippen LogP contribution in [-0.2, 0) is 26.1 Å². The van der Waals surface area contributed by atoms with Crippen LogP contribution in [0.2, 0.25) is 0 Å². The molecule has 9 heteroatoms. The molecule has 0 saturated carbocycles. The molecular weight excluding hydrogens is 262 g/mol. The second-order valence-electron chi connectivity index (χ2n) is 3.61. The molecule has 2 N–H and O–H groups in total. The molecule has 1 heterocycles. The second kappa shape index (κ2) is 5.83. The zero-order chi connectivity index (χ0) is 13.8. The predicted molar refractivity (Wildman–Crippen MR) is 63.7 cm³/mol. The summed E-state index contributed by atoms with van der Waals surface area (Å²) < 4.78 is 31.7. The molecule has 1 atom stereocenters. The number of aliphatic carboxylic acids is 1. The van der Waals surface area contributed by atoms with Crippen LogP contribution in [0.25, 0.3) is 0 Å². The third-order valence-corrected chi connectivity index (χ3v) is 3.88. The summed E-state index contributed by atoms with van der Waals surface area (Å²) in [5.74, 6) is -1.41. The number of nitrogens with one attached hydrogen (secondary N) is 1. The van der Waals surface area contributed by atoms with Gasteiger partial charge in [0.2, 0.25) is 10.0 Å². The third-order valence-electron chi connectivity index (χ3n) is 2.23. The molecule has 0 spiro atoms. The van der Waals surface area contributed by atoms with E-state index in [0.29, 0.717) is 13.2 Å². The standard InChI is InChI=1S/C9H15N3O5S/c1-7(9(13)14)18(15,16)11-8-5-10-12(6-8)3-4-17-2/h5-7,11H,3-4H2,1-2H3,(H,13,14). The normalized spacial score (nSPS) is 13.2. The van der Waals surface area contributed by atoms with E-state index in [-0.39, 0.29) is 5.69 Å². The predicted octanol–water partition coefficient (Wildman–Crippen LogP) is -0.256. The minimum absolute atomic E-state index is 0.221. The van der Waals surface area contributed by atoms with E-state index in [4.69, 9.17) is 9.84 Å². The fourth-order valence-electron chi connectivity index (χ4n) is 1.11. The maximum absolute atomic E-state index is 11.6. The Morgan fingerprint density at radius 3 is 2.89 bits per heavy atom. The van der Waals surface area contributed by atoms with Gasteiger partial charge in [-0.05, 0) is 6.92 Å². The number of carbonyl (C=O) groups is 1. The molecule has 0 amide bonds. The van der Waals surface area contributed by atoms with Gasteiger partial charge in [0.05, 0.1) is 25.0 Å². The van der Waals surface area contributed by atoms with E-state index < -0.39 is 21.2 Å². The molecule has 1 rings (SSSR count). The lowest BCUT2D eigenvalue weighted by molar-refractivity contribution is -0.136. The fourth-order valence-corrected chi connectivity index (χ4v) is 1.98. The number of aromatic nitrogens is 2. The maximum atomic E-state index is 11.6. The monoisotopic (exact) mass is 277 g/mol. The molecule has 0 aromatic carbocycles. The quantitative estimate of drug-likeness (QED) is 0.710. The maximum Gasteiger partial charge on any atom is 0.323 e. The molecule has 0 radical (unpaired) electrons. The highest BCUT2D eigenvalue weighted by Gasteiger charge is 2.27. The number of hydrogen-bond acceptors (Lipinski definition) is 5. The van der Waals surface area contributed by atoms with Crippen molar-refractivity contribution in [1.82, 2.24) is 9.78 Å². The minimum Gasteiger partial charge on any atom is -0.480 e. The molecule has 1 unspecified atom stereocenters. The van der Waals surface area contributed by atoms with Gasteiger partial charge in [-0.2, -0.15) is 5.10 Å². The van der Waals surface area contributed by atoms with E-state index in [1.807, 2.05) is 0 Å². The average molecular weight is 277 g/mol. The molecule has 1 aromatic rings. The van der Waals surface area contributed by atoms with Gasteiger partial charge in [0.15, 0.2) is 5.25 Å². The van der Waals surface area contributed by atoms with Crippen LogP contribution in [0.3, 0.4) is 0 Å². The highest BCUT2D eigenvalue weighted by molar-refractivity contribution is 7.94. The van der Waals surface area contributed by atoms with Crippen molar-refractivity contribution in [3.8, 4) is 0 Å². The summed E-state index contributed by atoms with van der Waals surface area (Å²) in [6.07, 6.45) is 2.77. The summed E-state index contributed by atoms with van der Waals surface area (Å²) in [4.78, 5) is 10.6. The van der Waals surface area contributed by atoms with E-state index >= 15 is 0 Å². The van der Waals surface area contributed by atoms with Crippen molar-refractivity contribution in [1.29, 1.82) is 0 Å². The van der Waals surface area contributed by atoms with Crippen LogP contribution < -0.4 is 4.72 Å². The zero-order valence-electron chi connectivity index (χ0n) is 10.0. The van der Waals surface area contributed by atoms with Gasteiger partial charge in [-0.3, -0.25) is 14.2 Å². The lowest BCUT2D eigenvalue weighted by Crippen LogP contribution is -2.31. The molecule has 1 aromatic heterocycles. The van der Waals surface area contributed by atoms with Crippen molar-refractivity contribution >= 4 is 21.7 Å². The van der Waals surface area contributed by atoms with Crippen molar-refractivity contribution < 1.29 is 23.1 Å². The first-order valence-corrected chi connectivity index (χ1v) is 6.67. The number of nitrogens with zero attached hydrogens (tertiary/aromatic N) is 2. The molecule has 0 aliphatic carbocycles. The van der Waals surface area contributed by atoms with E-state index in [0.717, 1.165) is 6.92 Å². The Bertz CT molecular complexity index is 510. The first kappa shape index (κ1) is 14.5. The van der Waals surface area contributed by atoms with Crippen molar-refractivity contribution in [2.45, 2.75) is 18.7 Å². The smallest absolute Gasteiger partial charge is 0.323 e. The van der Waals surface area contributed by atoms with Gasteiger partial charge in [0.25, 0.3) is 0 Å². The molecule has 18 heavy (non-hydrogen) atoms. The van der Waals surface area contributed by atoms with Crippen LogP contribution in [0.5, 0.6) is 0 Å². The van der Waals surface area contributed by atoms with Gasteiger partial charge in [0, 0.05) is 13.3 Å². The van der Waals surface area contributed by atoms with E-state index in [1.165, 1.54) is 17.1 Å². The number of anilines is 1. The van der Waals surface area contributed by atoms with Crippen molar-refractivity contribution in [2.24, 2.45) is 0 Å². The van der Waals surface area contributed by atoms with Crippen molar-refractivity contribution in [2.75, 3.05) is 18.4 Å². The topological polar surface area (TPSA) is 111 Å². The lowest BCUT2D eigenvalue weighted by atomic mass is 10.5. The molecule has 8 nitrogen and oxygen atoms in total. The number of sulfonamides is 1. The van der Waals surface area contributed by atoms with Gasteiger partial charge >= 0.3 is 5.97 Å². The summed E-state index contributed by atoms with van der Waals surface area (Å²) in [5, 5.41) is 11.0. The molecule has 0 aliphatic heterocycles. The highest BCUT2D eigenvalue weighted by Crippen LogP contribution is 2.11. The summed E-state index contributed by atoms with van der Waals surface area (Å²) >= 11 is 0. The number of rotatable bonds is 7. The Labute approximate surface area is 105 Å². The van der Waals surface area contributed by atoms with E-state index in [9.17, 15) is 13.2 Å². The Balaban J connectivity index is 2.73. The number of ether oxygens (including phenoxy) is 1. The summed E-state index contributed by atoms with van der Waals surface area (Å²) in [6, 6.07) is 0. The van der Waals surface area contributed by atoms with E-state index in [1.54, 1.807) is 7.11 Å². The number of methoxy groups -OCH3 is 1. The molecule has 102 valence electrons. The summed E-state index contributed by atoms with van der Waals surface area (Å²) in [7, 11) is -2.41. The summed E-state index contributed by atoms with van der Waals surface area (Å²) in [5.41, 5.74) is 0.221. The minimum atomic E-state index is -3.95. The van der Waals surface area contributed by atoms with Crippen LogP contribution in [0, 0.1) is 0 Å². The zero-order valence-corrected chi connectivity index (χ0v) is 10.8. The Hall–Kier alpha value is -1.61. The second-order valence-corrected chi connectivity index (χ2v) is 5.61. The number of carboxylic acid groups (broad SMARTS) is 1. The SMILES string of the molecule is COCCn1cc(NS(=O)(=O)C(C)C(=O)O)cn1. The Kier molecular flexibility index (Phi) is 4.68. The van der Waals surface area contributed by atoms with Crippen molar-refractivity contribution in [3.05, 3.63) is 12.4 Å². The van der Waals surface area contributed by atoms with Crippen LogP contribution in [0.15, 0.2) is 12.4 Å². The Morgan fingerprint density at radius 1 is 1.67 bits per heavy atom. The van der Waals surface area contributed by atoms with Crippen LogP contribution in [0.4, 0.5) is 5.69 Å². The highest BCUT2D eigenvalue weighted by atomic mass is 32.2. The third kappa shape index (κ3) is 3.70. The van der Waals surface area contributed by atoms with Crippen LogP contribution in [0.1, 0.15) is 6.92 Å². The number of carboxylic acids is 1. The largest absolute Gasteiger partial charge is 0.480 e. The summed E-state index contributed by atoms with van der Waals surface area (Å²) in [6.45, 7) is 2.02. The van der Waals surface area contributed by atoms with Crippen LogP contribution >= 0.6 is 0 Å². The Morgan fingerprint density at radius 2 is 2.33 bits per heavy atom. The fraction of sp³-hybridized carbons (Fsp3) is 0.556. The van der Waals surface area contributed by atoms with Gasteiger partial charge in [-0.15, -0.1) is 0 Å². The van der Waals surface area contributed by atoms with Crippen LogP contribution in [-0.4, -0.2) is 48.2 Å². The molecule has 0 aliphatic rings. The molecule has 0 bridgehead atoms. The van der Waals surface area contributed by atoms with Crippen molar-refractivity contribution in [3.63, 3.8) is 0 Å². The van der Waals surface area contributed by atoms with Gasteiger partial charge in [0.1, 0.15) is 0 Å². The molecular formula is C9H15N3O5S. The first-order chi connectivity index (χ1) is 8.36.